The van der Waals surface area contributed by atoms with Crippen LogP contribution in [-0.4, -0.2) is 39.5 Å². The number of rotatable bonds is 12. The number of imidazole rings is 1. The predicted molar refractivity (Wildman–Crippen MR) is 132 cm³/mol. The average Bonchev–Trinajstić information content (AvgIpc) is 3.11. The fraction of sp³-hybridized carbons (Fsp3) is 0.407. The zero-order valence-electron chi connectivity index (χ0n) is 20.4. The molecular formula is C27H34N2O5. The van der Waals surface area contributed by atoms with Gasteiger partial charge in [0.15, 0.2) is 5.60 Å². The quantitative estimate of drug-likeness (QED) is 0.435. The van der Waals surface area contributed by atoms with E-state index < -0.39 is 11.6 Å². The zero-order chi connectivity index (χ0) is 24.7. The topological polar surface area (TPSA) is 82.7 Å². The van der Waals surface area contributed by atoms with E-state index in [4.69, 9.17) is 9.47 Å². The van der Waals surface area contributed by atoms with Crippen molar-refractivity contribution in [2.45, 2.75) is 58.7 Å². The number of nitrogens with zero attached hydrogens (tertiary/aromatic N) is 2. The van der Waals surface area contributed by atoms with E-state index >= 15 is 0 Å². The van der Waals surface area contributed by atoms with Gasteiger partial charge in [-0.25, -0.2) is 9.59 Å². The molecule has 3 aromatic rings. The molecule has 0 amide bonds. The second kappa shape index (κ2) is 11.2. The number of aromatic nitrogens is 2. The Hall–Kier alpha value is -3.32. The van der Waals surface area contributed by atoms with Gasteiger partial charge < -0.3 is 14.6 Å². The number of carboxylic acid groups (broad SMARTS) is 1. The Bertz CT molecular complexity index is 1150. The summed E-state index contributed by atoms with van der Waals surface area (Å²) in [5.74, 6) is -0.301. The molecule has 1 atom stereocenters. The smallest absolute Gasteiger partial charge is 0.336 e. The summed E-state index contributed by atoms with van der Waals surface area (Å²) in [6, 6.07) is 15.6. The van der Waals surface area contributed by atoms with Crippen LogP contribution < -0.4 is 10.4 Å². The Kier molecular flexibility index (Phi) is 8.34. The van der Waals surface area contributed by atoms with Crippen molar-refractivity contribution in [2.24, 2.45) is 0 Å². The lowest BCUT2D eigenvalue weighted by Gasteiger charge is -2.23. The average molecular weight is 467 g/mol. The SMILES string of the molecule is CCCn1c(CCOc2ccc(CC(C)(OC)C(=O)O)cc2)cn(Cc2ccc(C)cc2)c1=O. The van der Waals surface area contributed by atoms with E-state index in [0.29, 0.717) is 31.9 Å². The summed E-state index contributed by atoms with van der Waals surface area (Å²) < 4.78 is 14.7. The highest BCUT2D eigenvalue weighted by Crippen LogP contribution is 2.20. The van der Waals surface area contributed by atoms with E-state index in [9.17, 15) is 14.7 Å². The van der Waals surface area contributed by atoms with E-state index in [2.05, 4.69) is 31.2 Å². The summed E-state index contributed by atoms with van der Waals surface area (Å²) in [6.45, 7) is 7.31. The Labute approximate surface area is 200 Å². The minimum Gasteiger partial charge on any atom is -0.493 e. The molecule has 1 aromatic heterocycles. The Morgan fingerprint density at radius 1 is 1.06 bits per heavy atom. The normalized spacial score (nSPS) is 12.9. The molecule has 1 N–H and O–H groups in total. The van der Waals surface area contributed by atoms with Crippen molar-refractivity contribution in [3.8, 4) is 5.75 Å². The third kappa shape index (κ3) is 6.17. The van der Waals surface area contributed by atoms with Gasteiger partial charge in [-0.2, -0.15) is 0 Å². The van der Waals surface area contributed by atoms with E-state index in [1.54, 1.807) is 11.5 Å². The van der Waals surface area contributed by atoms with Gasteiger partial charge in [0.25, 0.3) is 0 Å². The van der Waals surface area contributed by atoms with Crippen molar-refractivity contribution in [3.63, 3.8) is 0 Å². The van der Waals surface area contributed by atoms with Crippen LogP contribution in [0.25, 0.3) is 0 Å². The van der Waals surface area contributed by atoms with Gasteiger partial charge in [0.2, 0.25) is 0 Å². The molecular weight excluding hydrogens is 432 g/mol. The maximum absolute atomic E-state index is 12.9. The lowest BCUT2D eigenvalue weighted by atomic mass is 9.96. The standard InChI is InChI=1S/C27H34N2O5/c1-5-15-29-23(19-28(26(29)32)18-22-8-6-20(2)7-9-22)14-16-34-24-12-10-21(11-13-24)17-27(3,33-4)25(30)31/h6-13,19H,5,14-18H2,1-4H3,(H,30,31). The summed E-state index contributed by atoms with van der Waals surface area (Å²) in [4.78, 5) is 24.4. The highest BCUT2D eigenvalue weighted by molar-refractivity contribution is 5.77. The molecule has 1 heterocycles. The number of aryl methyl sites for hydroxylation is 1. The van der Waals surface area contributed by atoms with Crippen LogP contribution in [0.4, 0.5) is 0 Å². The lowest BCUT2D eigenvalue weighted by molar-refractivity contribution is -0.159. The molecule has 7 heteroatoms. The number of carbonyl (C=O) groups is 1. The minimum absolute atomic E-state index is 0.00130. The first-order valence-corrected chi connectivity index (χ1v) is 11.6. The van der Waals surface area contributed by atoms with Crippen LogP contribution in [0.5, 0.6) is 5.75 Å². The van der Waals surface area contributed by atoms with Crippen LogP contribution in [0.15, 0.2) is 59.5 Å². The summed E-state index contributed by atoms with van der Waals surface area (Å²) in [5, 5.41) is 9.37. The molecule has 0 radical (unpaired) electrons. The fourth-order valence-electron chi connectivity index (χ4n) is 3.85. The minimum atomic E-state index is -1.27. The van der Waals surface area contributed by atoms with Gasteiger partial charge in [-0.1, -0.05) is 48.9 Å². The van der Waals surface area contributed by atoms with Gasteiger partial charge >= 0.3 is 11.7 Å². The fourth-order valence-corrected chi connectivity index (χ4v) is 3.85. The Morgan fingerprint density at radius 2 is 1.71 bits per heavy atom. The third-order valence-electron chi connectivity index (χ3n) is 6.04. The Balaban J connectivity index is 1.64. The molecule has 0 saturated carbocycles. The van der Waals surface area contributed by atoms with Gasteiger partial charge in [0, 0.05) is 38.4 Å². The Morgan fingerprint density at radius 3 is 2.29 bits per heavy atom. The summed E-state index contributed by atoms with van der Waals surface area (Å²) in [5.41, 5.74) is 2.83. The lowest BCUT2D eigenvalue weighted by Crippen LogP contribution is -2.39. The molecule has 0 bridgehead atoms. The van der Waals surface area contributed by atoms with Gasteiger partial charge in [-0.15, -0.1) is 0 Å². The molecule has 0 fully saturated rings. The van der Waals surface area contributed by atoms with Crippen molar-refractivity contribution in [2.75, 3.05) is 13.7 Å². The second-order valence-electron chi connectivity index (χ2n) is 8.83. The maximum atomic E-state index is 12.9. The number of aliphatic carboxylic acids is 1. The van der Waals surface area contributed by atoms with Crippen molar-refractivity contribution in [1.82, 2.24) is 9.13 Å². The predicted octanol–water partition coefficient (Wildman–Crippen LogP) is 4.07. The zero-order valence-corrected chi connectivity index (χ0v) is 20.4. The summed E-state index contributed by atoms with van der Waals surface area (Å²) in [6.07, 6.45) is 3.68. The van der Waals surface area contributed by atoms with Gasteiger partial charge in [-0.3, -0.25) is 9.13 Å². The first kappa shape index (κ1) is 25.3. The largest absolute Gasteiger partial charge is 0.493 e. The molecule has 0 aliphatic heterocycles. The molecule has 1 unspecified atom stereocenters. The number of hydrogen-bond donors (Lipinski definition) is 1. The highest BCUT2D eigenvalue weighted by Gasteiger charge is 2.33. The molecule has 0 aliphatic carbocycles. The van der Waals surface area contributed by atoms with Crippen molar-refractivity contribution in [1.29, 1.82) is 0 Å². The van der Waals surface area contributed by atoms with Crippen LogP contribution in [0, 0.1) is 6.92 Å². The van der Waals surface area contributed by atoms with Crippen LogP contribution in [0.2, 0.25) is 0 Å². The number of ether oxygens (including phenoxy) is 2. The van der Waals surface area contributed by atoms with E-state index in [0.717, 1.165) is 23.2 Å². The molecule has 7 nitrogen and oxygen atoms in total. The molecule has 0 saturated heterocycles. The number of methoxy groups -OCH3 is 1. The number of benzene rings is 2. The molecule has 2 aromatic carbocycles. The van der Waals surface area contributed by atoms with Crippen LogP contribution in [-0.2, 0) is 35.5 Å². The van der Waals surface area contributed by atoms with Crippen LogP contribution in [0.1, 0.15) is 42.7 Å². The van der Waals surface area contributed by atoms with Gasteiger partial charge in [-0.05, 0) is 43.5 Å². The van der Waals surface area contributed by atoms with E-state index in [1.165, 1.54) is 12.7 Å². The maximum Gasteiger partial charge on any atom is 0.336 e. The van der Waals surface area contributed by atoms with E-state index in [-0.39, 0.29) is 12.1 Å². The highest BCUT2D eigenvalue weighted by atomic mass is 16.5. The number of hydrogen-bond acceptors (Lipinski definition) is 4. The summed E-state index contributed by atoms with van der Waals surface area (Å²) >= 11 is 0. The molecule has 34 heavy (non-hydrogen) atoms. The monoisotopic (exact) mass is 466 g/mol. The van der Waals surface area contributed by atoms with Crippen molar-refractivity contribution >= 4 is 5.97 Å². The third-order valence-corrected chi connectivity index (χ3v) is 6.04. The number of carboxylic acids is 1. The van der Waals surface area contributed by atoms with Crippen LogP contribution in [0.3, 0.4) is 0 Å². The van der Waals surface area contributed by atoms with Crippen molar-refractivity contribution in [3.05, 3.63) is 87.6 Å². The van der Waals surface area contributed by atoms with Crippen molar-refractivity contribution < 1.29 is 19.4 Å². The van der Waals surface area contributed by atoms with Gasteiger partial charge in [0.05, 0.1) is 13.2 Å². The first-order chi connectivity index (χ1) is 16.3. The van der Waals surface area contributed by atoms with Crippen LogP contribution >= 0.6 is 0 Å². The second-order valence-corrected chi connectivity index (χ2v) is 8.83. The summed E-state index contributed by atoms with van der Waals surface area (Å²) in [7, 11) is 1.40. The van der Waals surface area contributed by atoms with E-state index in [1.807, 2.05) is 42.0 Å². The van der Waals surface area contributed by atoms with Gasteiger partial charge in [0.1, 0.15) is 5.75 Å². The molecule has 0 aliphatic rings. The molecule has 0 spiro atoms. The molecule has 182 valence electrons. The first-order valence-electron chi connectivity index (χ1n) is 11.6. The molecule has 3 rings (SSSR count).